The molecule has 0 radical (unpaired) electrons. The predicted octanol–water partition coefficient (Wildman–Crippen LogP) is 1.40. The first-order valence-corrected chi connectivity index (χ1v) is 4.45. The smallest absolute Gasteiger partial charge is 0.0675 e. The van der Waals surface area contributed by atoms with Crippen LogP contribution in [-0.4, -0.2) is 16.2 Å². The van der Waals surface area contributed by atoms with Crippen molar-refractivity contribution < 1.29 is 0 Å². The number of hydrogen-bond donors (Lipinski definition) is 1. The number of fused-ring (bicyclic) bond motifs is 1. The summed E-state index contributed by atoms with van der Waals surface area (Å²) in [4.78, 5) is 0. The average Bonchev–Trinajstić information content (AvgIpc) is 2.59. The Morgan fingerprint density at radius 1 is 1.54 bits per heavy atom. The molecule has 2 heterocycles. The van der Waals surface area contributed by atoms with Gasteiger partial charge in [-0.05, 0) is 18.2 Å². The van der Waals surface area contributed by atoms with Crippen LogP contribution in [0.2, 0.25) is 0 Å². The Kier molecular flexibility index (Phi) is 2.02. The SMILES string of the molecule is CC(CN)c1cc2ccccn2n1. The summed E-state index contributed by atoms with van der Waals surface area (Å²) in [5.74, 6) is 0.333. The molecule has 0 spiro atoms. The van der Waals surface area contributed by atoms with E-state index in [-0.39, 0.29) is 0 Å². The molecule has 2 N–H and O–H groups in total. The van der Waals surface area contributed by atoms with Crippen molar-refractivity contribution in [2.75, 3.05) is 6.54 Å². The molecular formula is C10H13N3. The van der Waals surface area contributed by atoms with E-state index in [9.17, 15) is 0 Å². The maximum atomic E-state index is 5.58. The van der Waals surface area contributed by atoms with Gasteiger partial charge in [0, 0.05) is 18.7 Å². The second-order valence-electron chi connectivity index (χ2n) is 3.28. The van der Waals surface area contributed by atoms with Crippen molar-refractivity contribution in [3.05, 3.63) is 36.2 Å². The number of hydrogen-bond acceptors (Lipinski definition) is 2. The Hall–Kier alpha value is -1.35. The molecule has 2 aromatic rings. The quantitative estimate of drug-likeness (QED) is 0.749. The first kappa shape index (κ1) is 8.26. The molecule has 2 aromatic heterocycles. The van der Waals surface area contributed by atoms with Gasteiger partial charge in [0.15, 0.2) is 0 Å². The molecule has 1 unspecified atom stereocenters. The topological polar surface area (TPSA) is 43.3 Å². The van der Waals surface area contributed by atoms with Crippen LogP contribution in [0.3, 0.4) is 0 Å². The van der Waals surface area contributed by atoms with E-state index in [4.69, 9.17) is 5.73 Å². The van der Waals surface area contributed by atoms with Crippen molar-refractivity contribution in [3.63, 3.8) is 0 Å². The van der Waals surface area contributed by atoms with Gasteiger partial charge in [0.25, 0.3) is 0 Å². The summed E-state index contributed by atoms with van der Waals surface area (Å²) in [6.45, 7) is 2.73. The summed E-state index contributed by atoms with van der Waals surface area (Å²) in [5.41, 5.74) is 7.76. The monoisotopic (exact) mass is 175 g/mol. The molecule has 0 amide bonds. The normalized spacial score (nSPS) is 13.4. The summed E-state index contributed by atoms with van der Waals surface area (Å²) in [5, 5.41) is 4.42. The molecule has 13 heavy (non-hydrogen) atoms. The maximum Gasteiger partial charge on any atom is 0.0675 e. The van der Waals surface area contributed by atoms with Crippen molar-refractivity contribution in [1.29, 1.82) is 0 Å². The maximum absolute atomic E-state index is 5.58. The summed E-state index contributed by atoms with van der Waals surface area (Å²) in [6.07, 6.45) is 1.95. The van der Waals surface area contributed by atoms with Crippen molar-refractivity contribution in [3.8, 4) is 0 Å². The van der Waals surface area contributed by atoms with Gasteiger partial charge in [-0.3, -0.25) is 0 Å². The minimum atomic E-state index is 0.333. The molecule has 1 atom stereocenters. The van der Waals surface area contributed by atoms with E-state index in [0.29, 0.717) is 12.5 Å². The van der Waals surface area contributed by atoms with E-state index in [1.165, 1.54) is 0 Å². The average molecular weight is 175 g/mol. The van der Waals surface area contributed by atoms with Crippen LogP contribution in [0.15, 0.2) is 30.5 Å². The van der Waals surface area contributed by atoms with Crippen LogP contribution in [0, 0.1) is 0 Å². The third-order valence-electron chi connectivity index (χ3n) is 2.25. The van der Waals surface area contributed by atoms with E-state index in [1.807, 2.05) is 28.9 Å². The van der Waals surface area contributed by atoms with E-state index in [2.05, 4.69) is 18.1 Å². The second kappa shape index (κ2) is 3.18. The Labute approximate surface area is 77.2 Å². The summed E-state index contributed by atoms with van der Waals surface area (Å²) < 4.78 is 1.88. The highest BCUT2D eigenvalue weighted by Gasteiger charge is 2.07. The van der Waals surface area contributed by atoms with Gasteiger partial charge in [-0.1, -0.05) is 13.0 Å². The molecule has 3 heteroatoms. The van der Waals surface area contributed by atoms with Gasteiger partial charge in [0.2, 0.25) is 0 Å². The number of rotatable bonds is 2. The molecule has 0 bridgehead atoms. The Morgan fingerprint density at radius 3 is 3.08 bits per heavy atom. The van der Waals surface area contributed by atoms with Gasteiger partial charge in [-0.2, -0.15) is 5.10 Å². The molecule has 0 aromatic carbocycles. The number of nitrogens with two attached hydrogens (primary N) is 1. The van der Waals surface area contributed by atoms with Crippen LogP contribution in [0.5, 0.6) is 0 Å². The highest BCUT2D eigenvalue weighted by atomic mass is 15.2. The summed E-state index contributed by atoms with van der Waals surface area (Å²) >= 11 is 0. The van der Waals surface area contributed by atoms with E-state index in [0.717, 1.165) is 11.2 Å². The Bertz CT molecular complexity index is 372. The number of pyridine rings is 1. The van der Waals surface area contributed by atoms with E-state index >= 15 is 0 Å². The summed E-state index contributed by atoms with van der Waals surface area (Å²) in [7, 11) is 0. The highest BCUT2D eigenvalue weighted by molar-refractivity contribution is 5.47. The third-order valence-corrected chi connectivity index (χ3v) is 2.25. The largest absolute Gasteiger partial charge is 0.330 e. The molecular weight excluding hydrogens is 162 g/mol. The molecule has 0 aliphatic rings. The molecule has 0 saturated carbocycles. The molecule has 0 aliphatic carbocycles. The Morgan fingerprint density at radius 2 is 2.38 bits per heavy atom. The first-order chi connectivity index (χ1) is 6.31. The van der Waals surface area contributed by atoms with Crippen LogP contribution in [0.1, 0.15) is 18.5 Å². The van der Waals surface area contributed by atoms with Gasteiger partial charge in [0.05, 0.1) is 11.2 Å². The van der Waals surface area contributed by atoms with Gasteiger partial charge < -0.3 is 5.73 Å². The number of nitrogens with zero attached hydrogens (tertiary/aromatic N) is 2. The lowest BCUT2D eigenvalue weighted by Gasteiger charge is -2.01. The lowest BCUT2D eigenvalue weighted by atomic mass is 10.1. The zero-order valence-corrected chi connectivity index (χ0v) is 7.64. The fourth-order valence-electron chi connectivity index (χ4n) is 1.32. The molecule has 0 aliphatic heterocycles. The van der Waals surface area contributed by atoms with Crippen LogP contribution >= 0.6 is 0 Å². The highest BCUT2D eigenvalue weighted by Crippen LogP contribution is 2.14. The van der Waals surface area contributed by atoms with E-state index < -0.39 is 0 Å². The third kappa shape index (κ3) is 1.42. The molecule has 68 valence electrons. The van der Waals surface area contributed by atoms with Crippen molar-refractivity contribution >= 4 is 5.52 Å². The van der Waals surface area contributed by atoms with Crippen LogP contribution in [0.4, 0.5) is 0 Å². The molecule has 0 saturated heterocycles. The van der Waals surface area contributed by atoms with Gasteiger partial charge in [-0.25, -0.2) is 4.52 Å². The Balaban J connectivity index is 2.49. The van der Waals surface area contributed by atoms with Gasteiger partial charge >= 0.3 is 0 Å². The van der Waals surface area contributed by atoms with Crippen molar-refractivity contribution in [1.82, 2.24) is 9.61 Å². The van der Waals surface area contributed by atoms with Crippen LogP contribution in [0.25, 0.3) is 5.52 Å². The van der Waals surface area contributed by atoms with Crippen molar-refractivity contribution in [2.24, 2.45) is 5.73 Å². The predicted molar refractivity (Wildman–Crippen MR) is 52.7 cm³/mol. The van der Waals surface area contributed by atoms with E-state index in [1.54, 1.807) is 0 Å². The lowest BCUT2D eigenvalue weighted by Crippen LogP contribution is -2.09. The zero-order chi connectivity index (χ0) is 9.26. The van der Waals surface area contributed by atoms with Crippen molar-refractivity contribution in [2.45, 2.75) is 12.8 Å². The minimum Gasteiger partial charge on any atom is -0.330 e. The zero-order valence-electron chi connectivity index (χ0n) is 7.64. The lowest BCUT2D eigenvalue weighted by molar-refractivity contribution is 0.728. The fourth-order valence-corrected chi connectivity index (χ4v) is 1.32. The molecule has 2 rings (SSSR count). The first-order valence-electron chi connectivity index (χ1n) is 4.45. The molecule has 3 nitrogen and oxygen atoms in total. The number of aromatic nitrogens is 2. The second-order valence-corrected chi connectivity index (χ2v) is 3.28. The van der Waals surface area contributed by atoms with Crippen LogP contribution < -0.4 is 5.73 Å². The molecule has 0 fully saturated rings. The van der Waals surface area contributed by atoms with Crippen LogP contribution in [-0.2, 0) is 0 Å². The fraction of sp³-hybridized carbons (Fsp3) is 0.300. The minimum absolute atomic E-state index is 0.333. The summed E-state index contributed by atoms with van der Waals surface area (Å²) in [6, 6.07) is 8.10. The standard InChI is InChI=1S/C10H13N3/c1-8(7-11)10-6-9-4-2-3-5-13(9)12-10/h2-6,8H,7,11H2,1H3. The van der Waals surface area contributed by atoms with Gasteiger partial charge in [-0.15, -0.1) is 0 Å². The van der Waals surface area contributed by atoms with Gasteiger partial charge in [0.1, 0.15) is 0 Å².